The van der Waals surface area contributed by atoms with Crippen molar-refractivity contribution in [1.29, 1.82) is 0 Å². The highest BCUT2D eigenvalue weighted by atomic mass is 16.7. The molecule has 2 unspecified atom stereocenters. The summed E-state index contributed by atoms with van der Waals surface area (Å²) >= 11 is 0. The van der Waals surface area contributed by atoms with Crippen LogP contribution < -0.4 is 0 Å². The van der Waals surface area contributed by atoms with Crippen molar-refractivity contribution in [3.8, 4) is 0 Å². The average Bonchev–Trinajstić information content (AvgIpc) is 3.14. The maximum Gasteiger partial charge on any atom is 0.157 e. The molecule has 2 heterocycles. The summed E-state index contributed by atoms with van der Waals surface area (Å²) < 4.78 is 17.9. The van der Waals surface area contributed by atoms with Crippen LogP contribution >= 0.6 is 0 Å². The van der Waals surface area contributed by atoms with Crippen LogP contribution in [0.15, 0.2) is 0 Å². The molecule has 0 aromatic heterocycles. The highest BCUT2D eigenvalue weighted by Gasteiger charge is 2.50. The molecule has 152 valence electrons. The molecule has 0 amide bonds. The lowest BCUT2D eigenvalue weighted by molar-refractivity contribution is -0.200. The Hall–Kier alpha value is -0.160. The van der Waals surface area contributed by atoms with Gasteiger partial charge in [-0.2, -0.15) is 0 Å². The van der Waals surface area contributed by atoms with E-state index in [-0.39, 0.29) is 18.5 Å². The minimum absolute atomic E-state index is 0.0152. The molecule has 4 nitrogen and oxygen atoms in total. The van der Waals surface area contributed by atoms with E-state index >= 15 is 0 Å². The quantitative estimate of drug-likeness (QED) is 0.511. The topological polar surface area (TPSA) is 47.9 Å². The third-order valence-corrected chi connectivity index (χ3v) is 6.63. The highest BCUT2D eigenvalue weighted by Crippen LogP contribution is 2.46. The predicted molar refractivity (Wildman–Crippen MR) is 103 cm³/mol. The maximum absolute atomic E-state index is 9.89. The standard InChI is InChI=1S/C22H40O4/c1-2-3-4-5-6-7-8-9-12-17-18-15-21(23)25-20(18)16-19(17)26-22-13-10-11-14-24-22/h17-23H,2-16H2,1H3/t17-,18-,19-,20+,21?,22?/m1/s1. The molecule has 0 aromatic rings. The molecule has 3 aliphatic rings. The number of aliphatic hydroxyl groups excluding tert-OH is 1. The summed E-state index contributed by atoms with van der Waals surface area (Å²) in [4.78, 5) is 0. The molecule has 2 saturated heterocycles. The first-order chi connectivity index (χ1) is 12.8. The zero-order chi connectivity index (χ0) is 18.2. The van der Waals surface area contributed by atoms with E-state index < -0.39 is 6.29 Å². The van der Waals surface area contributed by atoms with Crippen LogP contribution in [-0.2, 0) is 14.2 Å². The summed E-state index contributed by atoms with van der Waals surface area (Å²) in [6.45, 7) is 3.11. The summed E-state index contributed by atoms with van der Waals surface area (Å²) in [5.74, 6) is 1.01. The Morgan fingerprint density at radius 1 is 0.962 bits per heavy atom. The Labute approximate surface area is 160 Å². The Balaban J connectivity index is 1.40. The first kappa shape index (κ1) is 20.6. The molecule has 1 saturated carbocycles. The second-order valence-electron chi connectivity index (χ2n) is 8.66. The zero-order valence-electron chi connectivity index (χ0n) is 16.7. The van der Waals surface area contributed by atoms with Gasteiger partial charge >= 0.3 is 0 Å². The van der Waals surface area contributed by atoms with Crippen LogP contribution in [0.25, 0.3) is 0 Å². The van der Waals surface area contributed by atoms with Crippen molar-refractivity contribution in [2.45, 2.75) is 122 Å². The van der Waals surface area contributed by atoms with Crippen LogP contribution in [0.1, 0.15) is 96.8 Å². The minimum atomic E-state index is -0.557. The van der Waals surface area contributed by atoms with Gasteiger partial charge in [0.2, 0.25) is 0 Å². The molecule has 3 rings (SSSR count). The van der Waals surface area contributed by atoms with Gasteiger partial charge in [0.1, 0.15) is 0 Å². The minimum Gasteiger partial charge on any atom is -0.368 e. The van der Waals surface area contributed by atoms with Gasteiger partial charge in [0.15, 0.2) is 12.6 Å². The van der Waals surface area contributed by atoms with Gasteiger partial charge in [0, 0.05) is 19.4 Å². The van der Waals surface area contributed by atoms with Crippen LogP contribution in [0.5, 0.6) is 0 Å². The Kier molecular flexibility index (Phi) is 8.70. The molecule has 26 heavy (non-hydrogen) atoms. The fraction of sp³-hybridized carbons (Fsp3) is 1.00. The van der Waals surface area contributed by atoms with Crippen LogP contribution in [0.2, 0.25) is 0 Å². The third-order valence-electron chi connectivity index (χ3n) is 6.63. The maximum atomic E-state index is 9.89. The summed E-state index contributed by atoms with van der Waals surface area (Å²) in [6, 6.07) is 0. The van der Waals surface area contributed by atoms with E-state index in [2.05, 4.69) is 6.92 Å². The molecule has 1 aliphatic carbocycles. The SMILES string of the molecule is CCCCCCCCCC[C@@H]1[C@H]2CC(O)O[C@H]2C[C@H]1OC1CCCCO1. The lowest BCUT2D eigenvalue weighted by Crippen LogP contribution is -2.31. The molecule has 0 radical (unpaired) electrons. The second kappa shape index (κ2) is 11.0. The lowest BCUT2D eigenvalue weighted by Gasteiger charge is -2.30. The lowest BCUT2D eigenvalue weighted by atomic mass is 9.87. The summed E-state index contributed by atoms with van der Waals surface area (Å²) in [6.07, 6.45) is 17.1. The number of aliphatic hydroxyl groups is 1. The molecule has 6 atom stereocenters. The van der Waals surface area contributed by atoms with Crippen molar-refractivity contribution in [2.24, 2.45) is 11.8 Å². The molecular formula is C22H40O4. The molecular weight excluding hydrogens is 328 g/mol. The first-order valence-corrected chi connectivity index (χ1v) is 11.4. The molecule has 1 N–H and O–H groups in total. The van der Waals surface area contributed by atoms with E-state index in [4.69, 9.17) is 14.2 Å². The third kappa shape index (κ3) is 5.92. The predicted octanol–water partition coefficient (Wildman–Crippen LogP) is 5.17. The fourth-order valence-electron chi connectivity index (χ4n) is 5.19. The highest BCUT2D eigenvalue weighted by molar-refractivity contribution is 4.96. The molecule has 0 bridgehead atoms. The Morgan fingerprint density at radius 2 is 1.73 bits per heavy atom. The van der Waals surface area contributed by atoms with E-state index in [1.807, 2.05) is 0 Å². The molecule has 0 spiro atoms. The average molecular weight is 369 g/mol. The van der Waals surface area contributed by atoms with Crippen LogP contribution in [0, 0.1) is 11.8 Å². The van der Waals surface area contributed by atoms with Crippen LogP contribution in [0.4, 0.5) is 0 Å². The van der Waals surface area contributed by atoms with Gasteiger partial charge in [0.25, 0.3) is 0 Å². The number of unbranched alkanes of at least 4 members (excludes halogenated alkanes) is 7. The van der Waals surface area contributed by atoms with Gasteiger partial charge in [0.05, 0.1) is 12.2 Å². The van der Waals surface area contributed by atoms with E-state index in [9.17, 15) is 5.11 Å². The second-order valence-corrected chi connectivity index (χ2v) is 8.66. The van der Waals surface area contributed by atoms with E-state index in [0.717, 1.165) is 32.3 Å². The first-order valence-electron chi connectivity index (χ1n) is 11.4. The number of ether oxygens (including phenoxy) is 3. The number of rotatable bonds is 11. The van der Waals surface area contributed by atoms with Gasteiger partial charge in [-0.1, -0.05) is 58.3 Å². The number of hydrogen-bond acceptors (Lipinski definition) is 4. The molecule has 3 fully saturated rings. The van der Waals surface area contributed by atoms with Crippen molar-refractivity contribution in [3.63, 3.8) is 0 Å². The van der Waals surface area contributed by atoms with Gasteiger partial charge in [-0.05, 0) is 37.5 Å². The van der Waals surface area contributed by atoms with Crippen molar-refractivity contribution in [3.05, 3.63) is 0 Å². The summed E-state index contributed by atoms with van der Waals surface area (Å²) in [5, 5.41) is 9.89. The van der Waals surface area contributed by atoms with Gasteiger partial charge in [-0.25, -0.2) is 0 Å². The Bertz CT molecular complexity index is 382. The smallest absolute Gasteiger partial charge is 0.157 e. The molecule has 4 heteroatoms. The van der Waals surface area contributed by atoms with Crippen LogP contribution in [-0.4, -0.2) is 36.5 Å². The van der Waals surface area contributed by atoms with Crippen molar-refractivity contribution in [1.82, 2.24) is 0 Å². The normalized spacial score (nSPS) is 37.2. The van der Waals surface area contributed by atoms with Crippen molar-refractivity contribution in [2.75, 3.05) is 6.61 Å². The molecule has 2 aliphatic heterocycles. The molecule has 0 aromatic carbocycles. The summed E-state index contributed by atoms with van der Waals surface area (Å²) in [5.41, 5.74) is 0. The Morgan fingerprint density at radius 3 is 2.46 bits per heavy atom. The number of hydrogen-bond donors (Lipinski definition) is 1. The summed E-state index contributed by atoms with van der Waals surface area (Å²) in [7, 11) is 0. The van der Waals surface area contributed by atoms with Gasteiger partial charge in [-0.3, -0.25) is 0 Å². The van der Waals surface area contributed by atoms with E-state index in [0.29, 0.717) is 11.8 Å². The van der Waals surface area contributed by atoms with Crippen molar-refractivity contribution >= 4 is 0 Å². The number of fused-ring (bicyclic) bond motifs is 1. The van der Waals surface area contributed by atoms with Crippen LogP contribution in [0.3, 0.4) is 0 Å². The largest absolute Gasteiger partial charge is 0.368 e. The monoisotopic (exact) mass is 368 g/mol. The zero-order valence-corrected chi connectivity index (χ0v) is 16.7. The van der Waals surface area contributed by atoms with Crippen molar-refractivity contribution < 1.29 is 19.3 Å². The van der Waals surface area contributed by atoms with E-state index in [1.165, 1.54) is 64.2 Å². The van der Waals surface area contributed by atoms with Gasteiger partial charge in [-0.15, -0.1) is 0 Å². The van der Waals surface area contributed by atoms with E-state index in [1.54, 1.807) is 0 Å². The fourth-order valence-corrected chi connectivity index (χ4v) is 5.19. The van der Waals surface area contributed by atoms with Gasteiger partial charge < -0.3 is 19.3 Å².